The SMILES string of the molecule is COC[C@@H](Cl)C(N)=[NH+]S(=O)(=O)c1ccc(Cl)cc1. The molecule has 0 heterocycles. The number of amidine groups is 1. The van der Waals surface area contributed by atoms with Crippen molar-refractivity contribution in [3.8, 4) is 0 Å². The molecule has 1 rings (SSSR count). The molecule has 0 aliphatic heterocycles. The van der Waals surface area contributed by atoms with E-state index in [1.54, 1.807) is 0 Å². The zero-order valence-corrected chi connectivity index (χ0v) is 11.9. The maximum Gasteiger partial charge on any atom is 0.328 e. The highest BCUT2D eigenvalue weighted by molar-refractivity contribution is 7.84. The van der Waals surface area contributed by atoms with Crippen LogP contribution < -0.4 is 10.1 Å². The summed E-state index contributed by atoms with van der Waals surface area (Å²) in [5.41, 5.74) is 5.55. The highest BCUT2D eigenvalue weighted by atomic mass is 35.5. The highest BCUT2D eigenvalue weighted by Crippen LogP contribution is 2.11. The average Bonchev–Trinajstić information content (AvgIpc) is 2.29. The first-order valence-corrected chi connectivity index (χ1v) is 7.20. The molecule has 0 aliphatic carbocycles. The van der Waals surface area contributed by atoms with Gasteiger partial charge >= 0.3 is 10.0 Å². The van der Waals surface area contributed by atoms with Crippen molar-refractivity contribution in [3.63, 3.8) is 0 Å². The van der Waals surface area contributed by atoms with Crippen LogP contribution in [0.3, 0.4) is 0 Å². The number of hydrogen-bond acceptors (Lipinski definition) is 3. The molecule has 18 heavy (non-hydrogen) atoms. The van der Waals surface area contributed by atoms with Gasteiger partial charge in [-0.15, -0.1) is 11.6 Å². The molecule has 0 amide bonds. The third-order valence-corrected chi connectivity index (χ3v) is 4.04. The van der Waals surface area contributed by atoms with Gasteiger partial charge in [0.2, 0.25) is 0 Å². The fourth-order valence-corrected chi connectivity index (χ4v) is 2.56. The van der Waals surface area contributed by atoms with Crippen LogP contribution in [0.1, 0.15) is 0 Å². The fourth-order valence-electron chi connectivity index (χ4n) is 1.13. The van der Waals surface area contributed by atoms with Gasteiger partial charge in [0, 0.05) is 12.1 Å². The Labute approximate surface area is 116 Å². The summed E-state index contributed by atoms with van der Waals surface area (Å²) >= 11 is 11.5. The minimum Gasteiger partial charge on any atom is -0.382 e. The number of sulfonamides is 1. The third-order valence-electron chi connectivity index (χ3n) is 2.03. The largest absolute Gasteiger partial charge is 0.382 e. The molecule has 0 aliphatic rings. The predicted octanol–water partition coefficient (Wildman–Crippen LogP) is -0.280. The Morgan fingerprint density at radius 3 is 2.50 bits per heavy atom. The maximum atomic E-state index is 11.9. The zero-order valence-electron chi connectivity index (χ0n) is 9.56. The lowest BCUT2D eigenvalue weighted by Gasteiger charge is -2.03. The molecule has 1 atom stereocenters. The van der Waals surface area contributed by atoms with Crippen molar-refractivity contribution >= 4 is 39.1 Å². The number of methoxy groups -OCH3 is 1. The smallest absolute Gasteiger partial charge is 0.328 e. The highest BCUT2D eigenvalue weighted by Gasteiger charge is 2.21. The summed E-state index contributed by atoms with van der Waals surface area (Å²) < 4.78 is 30.8. The molecule has 100 valence electrons. The molecule has 0 saturated heterocycles. The Morgan fingerprint density at radius 2 is 2.00 bits per heavy atom. The standard InChI is InChI=1S/C10H12Cl2N2O3S/c1-17-6-9(12)10(13)14-18(15,16)8-4-2-7(11)3-5-8/h2-5,9H,6H2,1H3,(H2,13,14)/p+1/t9-/m1/s1. The molecular formula is C10H13Cl2N2O3S+. The number of halogens is 2. The van der Waals surface area contributed by atoms with E-state index in [-0.39, 0.29) is 17.3 Å². The van der Waals surface area contributed by atoms with E-state index in [9.17, 15) is 8.42 Å². The summed E-state index contributed by atoms with van der Waals surface area (Å²) in [6, 6.07) is 5.69. The van der Waals surface area contributed by atoms with E-state index in [1.807, 2.05) is 0 Å². The van der Waals surface area contributed by atoms with Crippen LogP contribution in [0.4, 0.5) is 0 Å². The van der Waals surface area contributed by atoms with E-state index in [0.717, 1.165) is 0 Å². The number of benzene rings is 1. The van der Waals surface area contributed by atoms with Crippen LogP contribution in [-0.4, -0.2) is 33.3 Å². The zero-order chi connectivity index (χ0) is 13.8. The van der Waals surface area contributed by atoms with Crippen LogP contribution in [-0.2, 0) is 14.8 Å². The molecule has 0 spiro atoms. The van der Waals surface area contributed by atoms with Crippen molar-refractivity contribution in [1.29, 1.82) is 0 Å². The topological polar surface area (TPSA) is 83.4 Å². The number of nitrogens with two attached hydrogens (primary N) is 1. The fraction of sp³-hybridized carbons (Fsp3) is 0.300. The van der Waals surface area contributed by atoms with Crippen molar-refractivity contribution in [2.24, 2.45) is 5.73 Å². The van der Waals surface area contributed by atoms with Gasteiger partial charge in [-0.25, -0.2) is 0 Å². The molecule has 5 nitrogen and oxygen atoms in total. The van der Waals surface area contributed by atoms with Crippen molar-refractivity contribution < 1.29 is 17.6 Å². The first-order valence-electron chi connectivity index (χ1n) is 4.90. The first-order chi connectivity index (χ1) is 8.36. The van der Waals surface area contributed by atoms with Gasteiger partial charge in [0.25, 0.3) is 5.84 Å². The summed E-state index contributed by atoms with van der Waals surface area (Å²) in [4.78, 5) is 0.0520. The molecule has 0 unspecified atom stereocenters. The second-order valence-electron chi connectivity index (χ2n) is 3.44. The van der Waals surface area contributed by atoms with Crippen molar-refractivity contribution in [3.05, 3.63) is 29.3 Å². The number of rotatable bonds is 5. The van der Waals surface area contributed by atoms with Crippen LogP contribution in [0.15, 0.2) is 29.2 Å². The van der Waals surface area contributed by atoms with Crippen LogP contribution in [0.5, 0.6) is 0 Å². The molecular weight excluding hydrogens is 299 g/mol. The average molecular weight is 312 g/mol. The van der Waals surface area contributed by atoms with E-state index < -0.39 is 15.4 Å². The quantitative estimate of drug-likeness (QED) is 0.445. The number of nitrogens with one attached hydrogen (secondary N) is 1. The van der Waals surface area contributed by atoms with Gasteiger partial charge in [-0.3, -0.25) is 5.73 Å². The molecule has 0 radical (unpaired) electrons. The molecule has 0 saturated carbocycles. The molecule has 3 N–H and O–H groups in total. The van der Waals surface area contributed by atoms with Gasteiger partial charge in [-0.05, 0) is 24.3 Å². The molecule has 0 bridgehead atoms. The van der Waals surface area contributed by atoms with E-state index in [2.05, 4.69) is 4.40 Å². The molecule has 1 aromatic rings. The number of hydrogen-bond donors (Lipinski definition) is 2. The second kappa shape index (κ2) is 6.38. The lowest BCUT2D eigenvalue weighted by Crippen LogP contribution is -2.80. The van der Waals surface area contributed by atoms with Gasteiger partial charge < -0.3 is 4.74 Å². The van der Waals surface area contributed by atoms with Crippen LogP contribution in [0.25, 0.3) is 0 Å². The van der Waals surface area contributed by atoms with Crippen LogP contribution >= 0.6 is 23.2 Å². The Balaban J connectivity index is 3.01. The Morgan fingerprint density at radius 1 is 1.44 bits per heavy atom. The van der Waals surface area contributed by atoms with Gasteiger partial charge in [0.05, 0.1) is 6.61 Å². The molecule has 8 heteroatoms. The van der Waals surface area contributed by atoms with Gasteiger partial charge in [-0.1, -0.05) is 11.6 Å². The minimum absolute atomic E-state index is 0.0520. The first kappa shape index (κ1) is 15.2. The Kier molecular flexibility index (Phi) is 5.40. The number of alkyl halides is 1. The van der Waals surface area contributed by atoms with E-state index >= 15 is 0 Å². The Hall–Kier alpha value is -0.820. The maximum absolute atomic E-state index is 11.9. The minimum atomic E-state index is -3.75. The number of ether oxygens (including phenoxy) is 1. The van der Waals surface area contributed by atoms with Crippen molar-refractivity contribution in [1.82, 2.24) is 0 Å². The summed E-state index contributed by atoms with van der Waals surface area (Å²) in [6.07, 6.45) is 0. The molecule has 0 aromatic heterocycles. The summed E-state index contributed by atoms with van der Waals surface area (Å²) in [5, 5.41) is -0.294. The summed E-state index contributed by atoms with van der Waals surface area (Å²) in [5.74, 6) is -0.0894. The lowest BCUT2D eigenvalue weighted by molar-refractivity contribution is -0.270. The van der Waals surface area contributed by atoms with E-state index in [0.29, 0.717) is 5.02 Å². The monoisotopic (exact) mass is 311 g/mol. The normalized spacial score (nSPS) is 14.5. The molecule has 1 aromatic carbocycles. The van der Waals surface area contributed by atoms with Crippen LogP contribution in [0.2, 0.25) is 5.02 Å². The van der Waals surface area contributed by atoms with E-state index in [4.69, 9.17) is 33.7 Å². The van der Waals surface area contributed by atoms with Gasteiger partial charge in [-0.2, -0.15) is 12.8 Å². The van der Waals surface area contributed by atoms with Crippen molar-refractivity contribution in [2.75, 3.05) is 13.7 Å². The van der Waals surface area contributed by atoms with Crippen LogP contribution in [0, 0.1) is 0 Å². The second-order valence-corrected chi connectivity index (χ2v) is 6.08. The Bertz CT molecular complexity index is 529. The molecule has 0 fully saturated rings. The van der Waals surface area contributed by atoms with E-state index in [1.165, 1.54) is 31.4 Å². The van der Waals surface area contributed by atoms with Crippen molar-refractivity contribution in [2.45, 2.75) is 10.3 Å². The third kappa shape index (κ3) is 4.13. The summed E-state index contributed by atoms with van der Waals surface area (Å²) in [7, 11) is -2.31. The summed E-state index contributed by atoms with van der Waals surface area (Å²) in [6.45, 7) is 0.108. The lowest BCUT2D eigenvalue weighted by atomic mass is 10.4. The van der Waals surface area contributed by atoms with Gasteiger partial charge in [0.15, 0.2) is 5.38 Å². The predicted molar refractivity (Wildman–Crippen MR) is 70.3 cm³/mol. The van der Waals surface area contributed by atoms with Gasteiger partial charge in [0.1, 0.15) is 4.90 Å².